The zero-order chi connectivity index (χ0) is 23.4. The molecule has 0 unspecified atom stereocenters. The number of rotatable bonds is 8. The summed E-state index contributed by atoms with van der Waals surface area (Å²) in [4.78, 5) is 2.20. The van der Waals surface area contributed by atoms with Crippen molar-refractivity contribution in [3.63, 3.8) is 0 Å². The van der Waals surface area contributed by atoms with E-state index in [1.807, 2.05) is 53.3 Å². The lowest BCUT2D eigenvalue weighted by molar-refractivity contribution is 0.0471. The van der Waals surface area contributed by atoms with Gasteiger partial charge in [-0.2, -0.15) is 0 Å². The Morgan fingerprint density at radius 3 is 2.55 bits per heavy atom. The van der Waals surface area contributed by atoms with Crippen molar-refractivity contribution in [2.24, 2.45) is 0 Å². The highest BCUT2D eigenvalue weighted by Gasteiger charge is 2.29. The van der Waals surface area contributed by atoms with Crippen molar-refractivity contribution in [2.75, 3.05) is 13.1 Å². The number of aliphatic hydroxyl groups excluding tert-OH is 1. The molecule has 33 heavy (non-hydrogen) atoms. The topological polar surface area (TPSA) is 88.3 Å². The van der Waals surface area contributed by atoms with Gasteiger partial charge in [-0.1, -0.05) is 59.8 Å². The highest BCUT2D eigenvalue weighted by molar-refractivity contribution is 7.91. The molecule has 1 fully saturated rings. The maximum absolute atomic E-state index is 12.3. The molecule has 1 saturated heterocycles. The van der Waals surface area contributed by atoms with Crippen molar-refractivity contribution in [3.8, 4) is 0 Å². The summed E-state index contributed by atoms with van der Waals surface area (Å²) in [6.45, 7) is 6.12. The van der Waals surface area contributed by atoms with Gasteiger partial charge in [0.1, 0.15) is 0 Å². The number of piperidine rings is 1. The number of β-amino-alcohol motifs (C(OH)–C–C–N with tert-alkyl or cyclic N) is 1. The Labute approximate surface area is 196 Å². The Bertz CT molecular complexity index is 1160. The van der Waals surface area contributed by atoms with E-state index in [0.717, 1.165) is 29.8 Å². The van der Waals surface area contributed by atoms with E-state index in [2.05, 4.69) is 27.3 Å². The molecule has 0 amide bonds. The quantitative estimate of drug-likeness (QED) is 0.547. The van der Waals surface area contributed by atoms with Crippen LogP contribution in [0.3, 0.4) is 0 Å². The Balaban J connectivity index is 1.35. The van der Waals surface area contributed by atoms with Crippen LogP contribution in [0, 0.1) is 0 Å². The van der Waals surface area contributed by atoms with Crippen LogP contribution < -0.4 is 0 Å². The molecule has 4 rings (SSSR count). The molecule has 0 aliphatic carbocycles. The number of sulfone groups is 1. The zero-order valence-electron chi connectivity index (χ0n) is 19.2. The van der Waals surface area contributed by atoms with E-state index in [9.17, 15) is 13.5 Å². The summed E-state index contributed by atoms with van der Waals surface area (Å²) in [6, 6.07) is 17.8. The molecule has 7 nitrogen and oxygen atoms in total. The zero-order valence-corrected chi connectivity index (χ0v) is 20.0. The number of likely N-dealkylation sites (tertiary alicyclic amines) is 1. The summed E-state index contributed by atoms with van der Waals surface area (Å²) >= 11 is 0. The number of benzene rings is 2. The van der Waals surface area contributed by atoms with Crippen molar-refractivity contribution in [1.82, 2.24) is 19.9 Å². The van der Waals surface area contributed by atoms with Crippen LogP contribution in [0.5, 0.6) is 0 Å². The third-order valence-corrected chi connectivity index (χ3v) is 8.46. The largest absolute Gasteiger partial charge is 0.391 e. The predicted octanol–water partition coefficient (Wildman–Crippen LogP) is 3.00. The molecule has 1 aliphatic rings. The van der Waals surface area contributed by atoms with Gasteiger partial charge in [-0.05, 0) is 43.5 Å². The fourth-order valence-corrected chi connectivity index (χ4v) is 5.31. The van der Waals surface area contributed by atoms with Gasteiger partial charge in [0.2, 0.25) is 0 Å². The highest BCUT2D eigenvalue weighted by atomic mass is 32.2. The maximum Gasteiger partial charge on any atom is 0.156 e. The van der Waals surface area contributed by atoms with Crippen LogP contribution in [0.25, 0.3) is 0 Å². The van der Waals surface area contributed by atoms with E-state index in [1.165, 1.54) is 5.56 Å². The summed E-state index contributed by atoms with van der Waals surface area (Å²) < 4.78 is 26.4. The van der Waals surface area contributed by atoms with Crippen LogP contribution in [0.4, 0.5) is 0 Å². The Kier molecular flexibility index (Phi) is 7.26. The smallest absolute Gasteiger partial charge is 0.156 e. The summed E-state index contributed by atoms with van der Waals surface area (Å²) in [5, 5.41) is 19.0. The number of nitrogens with zero attached hydrogens (tertiary/aromatic N) is 4. The van der Waals surface area contributed by atoms with Gasteiger partial charge >= 0.3 is 0 Å². The van der Waals surface area contributed by atoms with Crippen LogP contribution in [0.2, 0.25) is 0 Å². The number of hydrogen-bond donors (Lipinski definition) is 1. The van der Waals surface area contributed by atoms with E-state index in [0.29, 0.717) is 19.6 Å². The van der Waals surface area contributed by atoms with E-state index < -0.39 is 21.2 Å². The van der Waals surface area contributed by atoms with Crippen molar-refractivity contribution in [2.45, 2.75) is 56.4 Å². The molecule has 2 atom stereocenters. The summed E-state index contributed by atoms with van der Waals surface area (Å²) in [7, 11) is -3.16. The third kappa shape index (κ3) is 6.07. The number of hydrogen-bond acceptors (Lipinski definition) is 6. The molecule has 0 saturated carbocycles. The normalized spacial score (nSPS) is 19.8. The first-order chi connectivity index (χ1) is 15.8. The fourth-order valence-electron chi connectivity index (χ4n) is 4.33. The molecule has 176 valence electrons. The first-order valence-corrected chi connectivity index (χ1v) is 13.2. The second-order valence-corrected chi connectivity index (χ2v) is 11.7. The van der Waals surface area contributed by atoms with Gasteiger partial charge in [0.05, 0.1) is 35.5 Å². The average molecular weight is 469 g/mol. The van der Waals surface area contributed by atoms with Crippen molar-refractivity contribution in [1.29, 1.82) is 0 Å². The van der Waals surface area contributed by atoms with Crippen LogP contribution in [-0.2, 0) is 28.7 Å². The number of aromatic nitrogens is 3. The first-order valence-electron chi connectivity index (χ1n) is 11.4. The van der Waals surface area contributed by atoms with E-state index in [1.54, 1.807) is 13.8 Å². The van der Waals surface area contributed by atoms with Gasteiger partial charge in [-0.25, -0.2) is 13.1 Å². The summed E-state index contributed by atoms with van der Waals surface area (Å²) in [6.07, 6.45) is 2.25. The van der Waals surface area contributed by atoms with Gasteiger partial charge in [-0.3, -0.25) is 4.90 Å². The maximum atomic E-state index is 12.3. The lowest BCUT2D eigenvalue weighted by Gasteiger charge is -2.36. The van der Waals surface area contributed by atoms with E-state index in [-0.39, 0.29) is 11.7 Å². The minimum absolute atomic E-state index is 0.00304. The Morgan fingerprint density at radius 1 is 1.06 bits per heavy atom. The number of aliphatic hydroxyl groups is 1. The highest BCUT2D eigenvalue weighted by Crippen LogP contribution is 2.30. The third-order valence-electron chi connectivity index (χ3n) is 6.29. The minimum atomic E-state index is -3.16. The second-order valence-electron chi connectivity index (χ2n) is 9.19. The monoisotopic (exact) mass is 468 g/mol. The lowest BCUT2D eigenvalue weighted by Crippen LogP contribution is -2.42. The first kappa shape index (κ1) is 23.6. The molecule has 1 aromatic heterocycles. The lowest BCUT2D eigenvalue weighted by atomic mass is 9.86. The van der Waals surface area contributed by atoms with E-state index >= 15 is 0 Å². The van der Waals surface area contributed by atoms with Gasteiger partial charge < -0.3 is 5.11 Å². The Hall–Kier alpha value is -2.55. The van der Waals surface area contributed by atoms with Crippen molar-refractivity contribution < 1.29 is 13.5 Å². The van der Waals surface area contributed by atoms with Crippen LogP contribution in [0.15, 0.2) is 60.8 Å². The van der Waals surface area contributed by atoms with Crippen molar-refractivity contribution in [3.05, 3.63) is 83.2 Å². The molecular weight excluding hydrogens is 436 g/mol. The summed E-state index contributed by atoms with van der Waals surface area (Å²) in [5.74, 6) is 0.0308. The Morgan fingerprint density at radius 2 is 1.82 bits per heavy atom. The molecule has 2 heterocycles. The molecule has 1 aliphatic heterocycles. The van der Waals surface area contributed by atoms with Crippen LogP contribution in [0.1, 0.15) is 48.6 Å². The van der Waals surface area contributed by atoms with Gasteiger partial charge in [0.15, 0.2) is 9.84 Å². The summed E-state index contributed by atoms with van der Waals surface area (Å²) in [5.41, 5.74) is 3.85. The van der Waals surface area contributed by atoms with Gasteiger partial charge in [-0.15, -0.1) is 5.10 Å². The van der Waals surface area contributed by atoms with E-state index in [4.69, 9.17) is 0 Å². The van der Waals surface area contributed by atoms with Gasteiger partial charge in [0.25, 0.3) is 0 Å². The van der Waals surface area contributed by atoms with Crippen LogP contribution in [-0.4, -0.2) is 57.9 Å². The fraction of sp³-hybridized carbons (Fsp3) is 0.440. The minimum Gasteiger partial charge on any atom is -0.391 e. The average Bonchev–Trinajstić information content (AvgIpc) is 3.21. The molecule has 2 aromatic carbocycles. The van der Waals surface area contributed by atoms with Gasteiger partial charge in [0, 0.05) is 19.0 Å². The van der Waals surface area contributed by atoms with Crippen LogP contribution >= 0.6 is 0 Å². The molecule has 3 aromatic rings. The van der Waals surface area contributed by atoms with Crippen molar-refractivity contribution >= 4 is 9.84 Å². The predicted molar refractivity (Wildman–Crippen MR) is 128 cm³/mol. The molecular formula is C25H32N4O3S. The molecule has 8 heteroatoms. The molecule has 0 radical (unpaired) electrons. The SMILES string of the molecule is CC(C)S(=O)(=O)Cc1cccc([C@@H]2CCN(Cc3cn(Cc4ccccc4)nn3)C[C@@H]2O)c1. The molecule has 0 spiro atoms. The standard InChI is InChI=1S/C25H32N4O3S/c1-19(2)33(31,32)18-21-9-6-10-22(13-21)24-11-12-28(17-25(24)30)15-23-16-29(27-26-23)14-20-7-4-3-5-8-20/h3-10,13,16,19,24-25,30H,11-12,14-15,17-18H2,1-2H3/t24-,25-/m0/s1. The molecule has 1 N–H and O–H groups in total. The second kappa shape index (κ2) is 10.2. The molecule has 0 bridgehead atoms.